The second kappa shape index (κ2) is 13.1. The number of nitro benzene ring substituents is 1. The molecule has 2 N–H and O–H groups in total. The Balaban J connectivity index is 1.20. The predicted octanol–water partition coefficient (Wildman–Crippen LogP) is 6.63. The lowest BCUT2D eigenvalue weighted by atomic mass is 10.1. The molecule has 1 heterocycles. The van der Waals surface area contributed by atoms with E-state index in [9.17, 15) is 24.5 Å². The van der Waals surface area contributed by atoms with E-state index in [2.05, 4.69) is 15.8 Å². The van der Waals surface area contributed by atoms with Crippen molar-refractivity contribution < 1.29 is 24.0 Å². The summed E-state index contributed by atoms with van der Waals surface area (Å²) >= 11 is 7.37. The molecule has 12 heteroatoms. The van der Waals surface area contributed by atoms with Crippen LogP contribution in [0.2, 0.25) is 5.02 Å². The number of halogens is 1. The Hall–Kier alpha value is -5.39. The number of anilines is 1. The van der Waals surface area contributed by atoms with E-state index < -0.39 is 16.8 Å². The highest BCUT2D eigenvalue weighted by Crippen LogP contribution is 2.38. The van der Waals surface area contributed by atoms with Gasteiger partial charge in [0.2, 0.25) is 5.91 Å². The van der Waals surface area contributed by atoms with Crippen LogP contribution in [0.5, 0.6) is 5.75 Å². The van der Waals surface area contributed by atoms with Crippen LogP contribution in [0, 0.1) is 10.1 Å². The zero-order valence-electron chi connectivity index (χ0n) is 22.2. The van der Waals surface area contributed by atoms with E-state index in [1.807, 2.05) is 30.3 Å². The Morgan fingerprint density at radius 1 is 0.953 bits per heavy atom. The number of carbonyl (C=O) groups excluding carboxylic acids is 3. The molecule has 0 atom stereocenters. The van der Waals surface area contributed by atoms with Gasteiger partial charge in [0.15, 0.2) is 0 Å². The fraction of sp³-hybridized carbons (Fsp3) is 0.0323. The number of non-ortho nitro benzene ring substituents is 1. The number of ether oxygens (including phenoxy) is 1. The van der Waals surface area contributed by atoms with Gasteiger partial charge in [0, 0.05) is 39.0 Å². The quantitative estimate of drug-likeness (QED) is 0.0630. The Bertz CT molecular complexity index is 1870. The molecule has 0 bridgehead atoms. The summed E-state index contributed by atoms with van der Waals surface area (Å²) in [6.45, 7) is 0. The molecule has 0 spiro atoms. The molecule has 43 heavy (non-hydrogen) atoms. The van der Waals surface area contributed by atoms with Gasteiger partial charge < -0.3 is 10.1 Å². The molecule has 10 nitrogen and oxygen atoms in total. The fourth-order valence-electron chi connectivity index (χ4n) is 4.04. The summed E-state index contributed by atoms with van der Waals surface area (Å²) in [5.74, 6) is -1.24. The van der Waals surface area contributed by atoms with Crippen LogP contribution in [0.25, 0.3) is 10.1 Å². The standard InChI is InChI=1S/C31H21ClN4O6S/c32-28-24-15-14-23(36(40)41)17-26(24)43-29(28)31(39)42-25-9-5-4-8-21(25)18-33-35-30(38)20-10-12-22(13-11-20)34-27(37)16-19-6-2-1-3-7-19/h1-15,17-18H,16H2,(H,34,37)(H,35,38)/b33-18-. The highest BCUT2D eigenvalue weighted by atomic mass is 35.5. The first-order chi connectivity index (χ1) is 20.8. The van der Waals surface area contributed by atoms with E-state index in [4.69, 9.17) is 16.3 Å². The van der Waals surface area contributed by atoms with E-state index in [1.54, 1.807) is 48.5 Å². The maximum absolute atomic E-state index is 13.0. The van der Waals surface area contributed by atoms with Gasteiger partial charge >= 0.3 is 5.97 Å². The summed E-state index contributed by atoms with van der Waals surface area (Å²) in [4.78, 5) is 48.5. The number of hydrogen-bond donors (Lipinski definition) is 2. The molecule has 0 saturated heterocycles. The van der Waals surface area contributed by atoms with Gasteiger partial charge in [0.25, 0.3) is 11.6 Å². The number of hydrazone groups is 1. The van der Waals surface area contributed by atoms with Crippen molar-refractivity contribution in [3.63, 3.8) is 0 Å². The molecule has 0 saturated carbocycles. The maximum atomic E-state index is 13.0. The summed E-state index contributed by atoms with van der Waals surface area (Å²) in [6.07, 6.45) is 1.56. The lowest BCUT2D eigenvalue weighted by molar-refractivity contribution is -0.384. The molecule has 0 unspecified atom stereocenters. The van der Waals surface area contributed by atoms with E-state index in [-0.39, 0.29) is 33.7 Å². The van der Waals surface area contributed by atoms with Crippen LogP contribution in [0.15, 0.2) is 102 Å². The average Bonchev–Trinajstić information content (AvgIpc) is 3.34. The van der Waals surface area contributed by atoms with E-state index in [1.165, 1.54) is 24.4 Å². The molecule has 5 rings (SSSR count). The van der Waals surface area contributed by atoms with Crippen molar-refractivity contribution in [3.05, 3.63) is 134 Å². The van der Waals surface area contributed by atoms with Crippen LogP contribution >= 0.6 is 22.9 Å². The third-order valence-corrected chi connectivity index (χ3v) is 7.78. The average molecular weight is 613 g/mol. The largest absolute Gasteiger partial charge is 0.422 e. The molecule has 0 radical (unpaired) electrons. The van der Waals surface area contributed by atoms with Gasteiger partial charge in [-0.3, -0.25) is 19.7 Å². The normalized spacial score (nSPS) is 10.9. The minimum absolute atomic E-state index is 0.0944. The summed E-state index contributed by atoms with van der Waals surface area (Å²) in [7, 11) is 0. The highest BCUT2D eigenvalue weighted by Gasteiger charge is 2.21. The Morgan fingerprint density at radius 3 is 2.42 bits per heavy atom. The van der Waals surface area contributed by atoms with Gasteiger partial charge in [-0.2, -0.15) is 5.10 Å². The number of thiophene rings is 1. The minimum atomic E-state index is -0.741. The first-order valence-corrected chi connectivity index (χ1v) is 13.9. The number of nitrogens with one attached hydrogen (secondary N) is 2. The van der Waals surface area contributed by atoms with Gasteiger partial charge in [0.1, 0.15) is 10.6 Å². The van der Waals surface area contributed by atoms with Crippen LogP contribution in [-0.2, 0) is 11.2 Å². The molecule has 0 aliphatic carbocycles. The predicted molar refractivity (Wildman–Crippen MR) is 165 cm³/mol. The van der Waals surface area contributed by atoms with Gasteiger partial charge in [-0.25, -0.2) is 10.2 Å². The van der Waals surface area contributed by atoms with E-state index in [0.29, 0.717) is 26.9 Å². The summed E-state index contributed by atoms with van der Waals surface area (Å²) < 4.78 is 6.04. The smallest absolute Gasteiger partial charge is 0.355 e. The van der Waals surface area contributed by atoms with Crippen LogP contribution < -0.4 is 15.5 Å². The SMILES string of the molecule is O=C(Cc1ccccc1)Nc1ccc(C(=O)N/N=C\c2ccccc2OC(=O)c2sc3cc([N+](=O)[O-])ccc3c2Cl)cc1. The Labute approximate surface area is 253 Å². The van der Waals surface area contributed by atoms with Crippen molar-refractivity contribution in [3.8, 4) is 5.75 Å². The molecule has 5 aromatic rings. The second-order valence-electron chi connectivity index (χ2n) is 9.10. The first-order valence-electron chi connectivity index (χ1n) is 12.7. The van der Waals surface area contributed by atoms with Crippen LogP contribution in [0.1, 0.15) is 31.2 Å². The highest BCUT2D eigenvalue weighted by molar-refractivity contribution is 7.21. The summed E-state index contributed by atoms with van der Waals surface area (Å²) in [6, 6.07) is 26.4. The van der Waals surface area contributed by atoms with Crippen LogP contribution in [0.4, 0.5) is 11.4 Å². The number of fused-ring (bicyclic) bond motifs is 1. The molecule has 4 aromatic carbocycles. The van der Waals surface area contributed by atoms with Crippen molar-refractivity contribution in [2.45, 2.75) is 6.42 Å². The number of rotatable bonds is 9. The molecule has 2 amide bonds. The monoisotopic (exact) mass is 612 g/mol. The van der Waals surface area contributed by atoms with Crippen molar-refractivity contribution in [1.82, 2.24) is 5.43 Å². The van der Waals surface area contributed by atoms with Gasteiger partial charge in [-0.15, -0.1) is 11.3 Å². The molecule has 0 aliphatic heterocycles. The molecule has 0 aliphatic rings. The molecule has 0 fully saturated rings. The first kappa shape index (κ1) is 29.1. The van der Waals surface area contributed by atoms with Gasteiger partial charge in [-0.1, -0.05) is 54.1 Å². The van der Waals surface area contributed by atoms with Crippen molar-refractivity contribution in [2.24, 2.45) is 5.10 Å². The molecular weight excluding hydrogens is 592 g/mol. The van der Waals surface area contributed by atoms with Gasteiger partial charge in [-0.05, 0) is 48.0 Å². The third-order valence-electron chi connectivity index (χ3n) is 6.14. The second-order valence-corrected chi connectivity index (χ2v) is 10.5. The van der Waals surface area contributed by atoms with Crippen molar-refractivity contribution >= 4 is 68.4 Å². The number of amides is 2. The number of para-hydroxylation sites is 1. The van der Waals surface area contributed by atoms with E-state index in [0.717, 1.165) is 16.9 Å². The van der Waals surface area contributed by atoms with Crippen molar-refractivity contribution in [2.75, 3.05) is 5.32 Å². The lowest BCUT2D eigenvalue weighted by Gasteiger charge is -2.07. The van der Waals surface area contributed by atoms with Crippen LogP contribution in [0.3, 0.4) is 0 Å². The summed E-state index contributed by atoms with van der Waals surface area (Å²) in [5, 5.41) is 18.5. The maximum Gasteiger partial charge on any atom is 0.355 e. The Kier molecular flexibility index (Phi) is 8.85. The number of nitrogens with zero attached hydrogens (tertiary/aromatic N) is 2. The minimum Gasteiger partial charge on any atom is -0.422 e. The molecule has 214 valence electrons. The number of carbonyl (C=O) groups is 3. The topological polar surface area (TPSA) is 140 Å². The van der Waals surface area contributed by atoms with Crippen molar-refractivity contribution in [1.29, 1.82) is 0 Å². The van der Waals surface area contributed by atoms with Gasteiger partial charge in [0.05, 0.1) is 22.6 Å². The lowest BCUT2D eigenvalue weighted by Crippen LogP contribution is -2.18. The van der Waals surface area contributed by atoms with E-state index >= 15 is 0 Å². The zero-order chi connectivity index (χ0) is 30.3. The zero-order valence-corrected chi connectivity index (χ0v) is 23.7. The number of hydrogen-bond acceptors (Lipinski definition) is 8. The third kappa shape index (κ3) is 7.10. The fourth-order valence-corrected chi connectivity index (χ4v) is 5.46. The number of benzene rings is 4. The van der Waals surface area contributed by atoms with Crippen LogP contribution in [-0.4, -0.2) is 28.9 Å². The number of esters is 1. The molecular formula is C31H21ClN4O6S. The Morgan fingerprint density at radius 2 is 1.67 bits per heavy atom. The number of nitro groups is 1. The molecule has 1 aromatic heterocycles. The summed E-state index contributed by atoms with van der Waals surface area (Å²) in [5.41, 5.74) is 4.47.